The first-order chi connectivity index (χ1) is 11.9. The normalized spacial score (nSPS) is 18.2. The quantitative estimate of drug-likeness (QED) is 0.660. The van der Waals surface area contributed by atoms with Gasteiger partial charge in [-0.2, -0.15) is 0 Å². The number of carbonyl (C=O) groups excluding carboxylic acids is 1. The van der Waals surface area contributed by atoms with Gasteiger partial charge >= 0.3 is 0 Å². The minimum absolute atomic E-state index is 0.271. The van der Waals surface area contributed by atoms with Gasteiger partial charge in [-0.05, 0) is 47.5 Å². The molecule has 0 aromatic heterocycles. The molecule has 6 heteroatoms. The van der Waals surface area contributed by atoms with E-state index < -0.39 is 23.3 Å². The van der Waals surface area contributed by atoms with Crippen molar-refractivity contribution in [3.63, 3.8) is 0 Å². The van der Waals surface area contributed by atoms with Gasteiger partial charge in [-0.1, -0.05) is 12.1 Å². The summed E-state index contributed by atoms with van der Waals surface area (Å²) < 4.78 is 52.5. The monoisotopic (exact) mass is 347 g/mol. The van der Waals surface area contributed by atoms with Crippen molar-refractivity contribution in [3.8, 4) is 0 Å². The van der Waals surface area contributed by atoms with Gasteiger partial charge in [0.2, 0.25) is 0 Å². The molecular weight excluding hydrogens is 334 g/mol. The Morgan fingerprint density at radius 2 is 1.16 bits per heavy atom. The van der Waals surface area contributed by atoms with Gasteiger partial charge in [0.05, 0.1) is 0 Å². The summed E-state index contributed by atoms with van der Waals surface area (Å²) in [5.41, 5.74) is 1.45. The zero-order chi connectivity index (χ0) is 18.0. The molecule has 2 aromatic rings. The second-order valence-corrected chi connectivity index (χ2v) is 5.62. The maximum Gasteiger partial charge on any atom is 0.187 e. The van der Waals surface area contributed by atoms with E-state index in [0.717, 1.165) is 24.3 Å². The molecule has 0 spiro atoms. The highest BCUT2D eigenvalue weighted by molar-refractivity contribution is 6.14. The Morgan fingerprint density at radius 3 is 1.56 bits per heavy atom. The van der Waals surface area contributed by atoms with Gasteiger partial charge in [-0.25, -0.2) is 17.6 Å². The molecule has 2 nitrogen and oxygen atoms in total. The summed E-state index contributed by atoms with van der Waals surface area (Å²) in [6.07, 6.45) is 2.94. The van der Waals surface area contributed by atoms with Gasteiger partial charge < -0.3 is 5.32 Å². The highest BCUT2D eigenvalue weighted by Crippen LogP contribution is 2.19. The number of Topliss-reactive ketones (excluding diaryl/α,β-unsaturated/α-hetero) is 1. The second kappa shape index (κ2) is 7.03. The molecule has 128 valence electrons. The third-order valence-electron chi connectivity index (χ3n) is 3.78. The van der Waals surface area contributed by atoms with Crippen LogP contribution in [0.1, 0.15) is 11.1 Å². The van der Waals surface area contributed by atoms with Gasteiger partial charge in [0, 0.05) is 24.2 Å². The standard InChI is InChI=1S/C19H13F4NO/c20-15-3-1-11(7-17(15)22)5-13-9-24-10-14(19(13)25)6-12-2-4-16(21)18(23)8-12/h1-8,24H,9-10H2/b13-5-,14-6+. The number of rotatable bonds is 2. The lowest BCUT2D eigenvalue weighted by Crippen LogP contribution is -2.32. The van der Waals surface area contributed by atoms with Crippen LogP contribution >= 0.6 is 0 Å². The van der Waals surface area contributed by atoms with E-state index in [2.05, 4.69) is 5.32 Å². The molecule has 2 aromatic carbocycles. The van der Waals surface area contributed by atoms with Crippen LogP contribution in [-0.2, 0) is 4.79 Å². The fourth-order valence-corrected chi connectivity index (χ4v) is 2.54. The molecule has 3 rings (SSSR count). The lowest BCUT2D eigenvalue weighted by molar-refractivity contribution is -0.112. The van der Waals surface area contributed by atoms with Crippen LogP contribution in [0.15, 0.2) is 47.5 Å². The van der Waals surface area contributed by atoms with E-state index in [1.54, 1.807) is 0 Å². The Balaban J connectivity index is 1.89. The summed E-state index contributed by atoms with van der Waals surface area (Å²) in [4.78, 5) is 12.5. The maximum atomic E-state index is 13.3. The highest BCUT2D eigenvalue weighted by Gasteiger charge is 2.20. The summed E-state index contributed by atoms with van der Waals surface area (Å²) >= 11 is 0. The first-order valence-corrected chi connectivity index (χ1v) is 7.51. The molecule has 0 atom stereocenters. The highest BCUT2D eigenvalue weighted by atomic mass is 19.2. The molecule has 0 amide bonds. The Morgan fingerprint density at radius 1 is 0.720 bits per heavy atom. The summed E-state index contributed by atoms with van der Waals surface area (Å²) in [6.45, 7) is 0.542. The third kappa shape index (κ3) is 3.85. The number of carbonyl (C=O) groups is 1. The van der Waals surface area contributed by atoms with Crippen molar-refractivity contribution in [2.45, 2.75) is 0 Å². The first kappa shape index (κ1) is 17.1. The van der Waals surface area contributed by atoms with Crippen LogP contribution in [-0.4, -0.2) is 18.9 Å². The molecular formula is C19H13F4NO. The van der Waals surface area contributed by atoms with Crippen LogP contribution in [0.25, 0.3) is 12.2 Å². The Kier molecular flexibility index (Phi) is 4.81. The van der Waals surface area contributed by atoms with Gasteiger partial charge in [-0.15, -0.1) is 0 Å². The molecule has 1 aliphatic heterocycles. The first-order valence-electron chi connectivity index (χ1n) is 7.51. The Labute approximate surface area is 141 Å². The van der Waals surface area contributed by atoms with Crippen LogP contribution in [0.5, 0.6) is 0 Å². The van der Waals surface area contributed by atoms with E-state index in [0.29, 0.717) is 22.3 Å². The number of piperidine rings is 1. The average molecular weight is 347 g/mol. The van der Waals surface area contributed by atoms with E-state index >= 15 is 0 Å². The second-order valence-electron chi connectivity index (χ2n) is 5.62. The Bertz CT molecular complexity index is 831. The smallest absolute Gasteiger partial charge is 0.187 e. The predicted octanol–water partition coefficient (Wildman–Crippen LogP) is 3.88. The molecule has 0 aliphatic carbocycles. The molecule has 1 aliphatic rings. The minimum atomic E-state index is -0.997. The number of nitrogens with one attached hydrogen (secondary N) is 1. The SMILES string of the molecule is O=C1/C(=C\c2ccc(F)c(F)c2)CNC/C1=C\c1ccc(F)c(F)c1. The molecule has 1 fully saturated rings. The average Bonchev–Trinajstić information content (AvgIpc) is 2.58. The minimum Gasteiger partial charge on any atom is -0.308 e. The molecule has 0 saturated carbocycles. The van der Waals surface area contributed by atoms with E-state index in [9.17, 15) is 22.4 Å². The fourth-order valence-electron chi connectivity index (χ4n) is 2.54. The van der Waals surface area contributed by atoms with Gasteiger partial charge in [0.1, 0.15) is 0 Å². The van der Waals surface area contributed by atoms with Crippen molar-refractivity contribution in [2.75, 3.05) is 13.1 Å². The van der Waals surface area contributed by atoms with Crippen LogP contribution in [0.4, 0.5) is 17.6 Å². The maximum absolute atomic E-state index is 13.3. The van der Waals surface area contributed by atoms with Crippen molar-refractivity contribution in [2.24, 2.45) is 0 Å². The molecule has 1 saturated heterocycles. The number of hydrogen-bond donors (Lipinski definition) is 1. The zero-order valence-electron chi connectivity index (χ0n) is 13.0. The van der Waals surface area contributed by atoms with Gasteiger partial charge in [0.25, 0.3) is 0 Å². The van der Waals surface area contributed by atoms with Crippen LogP contribution < -0.4 is 5.32 Å². The summed E-state index contributed by atoms with van der Waals surface area (Å²) in [6, 6.07) is 6.71. The molecule has 0 unspecified atom stereocenters. The Hall–Kier alpha value is -2.73. The molecule has 1 N–H and O–H groups in total. The third-order valence-corrected chi connectivity index (χ3v) is 3.78. The number of hydrogen-bond acceptors (Lipinski definition) is 2. The van der Waals surface area contributed by atoms with Crippen molar-refractivity contribution < 1.29 is 22.4 Å². The lowest BCUT2D eigenvalue weighted by atomic mass is 9.95. The van der Waals surface area contributed by atoms with Crippen LogP contribution in [0.3, 0.4) is 0 Å². The van der Waals surface area contributed by atoms with E-state index in [-0.39, 0.29) is 18.9 Å². The van der Waals surface area contributed by atoms with Crippen LogP contribution in [0, 0.1) is 23.3 Å². The van der Waals surface area contributed by atoms with Gasteiger partial charge in [-0.3, -0.25) is 4.79 Å². The molecule has 25 heavy (non-hydrogen) atoms. The van der Waals surface area contributed by atoms with E-state index in [1.807, 2.05) is 0 Å². The van der Waals surface area contributed by atoms with Crippen molar-refractivity contribution in [3.05, 3.63) is 81.9 Å². The number of ketones is 1. The fraction of sp³-hybridized carbons (Fsp3) is 0.105. The number of halogens is 4. The molecule has 0 bridgehead atoms. The topological polar surface area (TPSA) is 29.1 Å². The summed E-state index contributed by atoms with van der Waals surface area (Å²) in [5, 5.41) is 3.01. The predicted molar refractivity (Wildman–Crippen MR) is 86.5 cm³/mol. The van der Waals surface area contributed by atoms with Crippen molar-refractivity contribution >= 4 is 17.9 Å². The van der Waals surface area contributed by atoms with Gasteiger partial charge in [0.15, 0.2) is 29.1 Å². The summed E-state index contributed by atoms with van der Waals surface area (Å²) in [7, 11) is 0. The van der Waals surface area contributed by atoms with Crippen molar-refractivity contribution in [1.82, 2.24) is 5.32 Å². The largest absolute Gasteiger partial charge is 0.308 e. The van der Waals surface area contributed by atoms with E-state index in [4.69, 9.17) is 0 Å². The van der Waals surface area contributed by atoms with E-state index in [1.165, 1.54) is 24.3 Å². The van der Waals surface area contributed by atoms with Crippen LogP contribution in [0.2, 0.25) is 0 Å². The van der Waals surface area contributed by atoms with Crippen molar-refractivity contribution in [1.29, 1.82) is 0 Å². The number of benzene rings is 2. The lowest BCUT2D eigenvalue weighted by Gasteiger charge is -2.18. The summed E-state index contributed by atoms with van der Waals surface area (Å²) in [5.74, 6) is -4.21. The molecule has 0 radical (unpaired) electrons. The molecule has 1 heterocycles. The zero-order valence-corrected chi connectivity index (χ0v) is 13.0.